The fraction of sp³-hybridized carbons (Fsp3) is 0.824. The maximum absolute atomic E-state index is 14.5. The van der Waals surface area contributed by atoms with Gasteiger partial charge in [-0.15, -0.1) is 0 Å². The number of amides is 8. The van der Waals surface area contributed by atoms with Crippen LogP contribution < -0.4 is 37.2 Å². The highest BCUT2D eigenvalue weighted by Crippen LogP contribution is 2.22. The van der Waals surface area contributed by atoms with E-state index in [0.29, 0.717) is 25.2 Å². The molecule has 1 rings (SSSR count). The fourth-order valence-electron chi connectivity index (χ4n) is 8.02. The van der Waals surface area contributed by atoms with Gasteiger partial charge in [-0.05, 0) is 110 Å². The smallest absolute Gasteiger partial charge is 0.407 e. The molecule has 0 spiro atoms. The Kier molecular flexibility index (Phi) is 26.6. The van der Waals surface area contributed by atoms with Crippen LogP contribution in [0.1, 0.15) is 169 Å². The summed E-state index contributed by atoms with van der Waals surface area (Å²) < 4.78 is 11.4. The summed E-state index contributed by atoms with van der Waals surface area (Å²) in [6.07, 6.45) is 1.51. The molecule has 1 aliphatic rings. The number of likely N-dealkylation sites (tertiary alicyclic amines) is 1. The molecule has 0 aromatic rings. The maximum Gasteiger partial charge on any atom is 0.407 e. The Morgan fingerprint density at radius 1 is 0.620 bits per heavy atom. The molecule has 0 saturated carbocycles. The monoisotopic (exact) mass is 1010 g/mol. The van der Waals surface area contributed by atoms with Gasteiger partial charge in [0.1, 0.15) is 47.9 Å². The van der Waals surface area contributed by atoms with Crippen molar-refractivity contribution in [2.45, 2.75) is 229 Å². The topological polar surface area (TPSA) is 280 Å². The molecule has 408 valence electrons. The molecule has 1 saturated heterocycles. The minimum absolute atomic E-state index is 0.00690. The first-order chi connectivity index (χ1) is 32.7. The third kappa shape index (κ3) is 23.0. The average Bonchev–Trinajstić information content (AvgIpc) is 3.73. The molecule has 1 aliphatic heterocycles. The van der Waals surface area contributed by atoms with Crippen molar-refractivity contribution in [1.82, 2.24) is 42.1 Å². The highest BCUT2D eigenvalue weighted by molar-refractivity contribution is 5.98. The van der Waals surface area contributed by atoms with E-state index < -0.39 is 125 Å². The Balaban J connectivity index is 3.40. The van der Waals surface area contributed by atoms with Gasteiger partial charge < -0.3 is 56.7 Å². The predicted molar refractivity (Wildman–Crippen MR) is 270 cm³/mol. The van der Waals surface area contributed by atoms with Gasteiger partial charge in [0.15, 0.2) is 0 Å². The van der Waals surface area contributed by atoms with Gasteiger partial charge in [-0.25, -0.2) is 9.59 Å². The van der Waals surface area contributed by atoms with Crippen molar-refractivity contribution in [1.29, 1.82) is 0 Å². The normalized spacial score (nSPS) is 17.5. The van der Waals surface area contributed by atoms with Gasteiger partial charge in [-0.2, -0.15) is 0 Å². The number of carboxylic acids is 1. The molecule has 71 heavy (non-hydrogen) atoms. The van der Waals surface area contributed by atoms with Crippen LogP contribution in [0.4, 0.5) is 4.79 Å². The van der Waals surface area contributed by atoms with Gasteiger partial charge >= 0.3 is 12.1 Å². The highest BCUT2D eigenvalue weighted by Gasteiger charge is 2.42. The number of nitrogens with zero attached hydrogens (tertiary/aromatic N) is 1. The summed E-state index contributed by atoms with van der Waals surface area (Å²) in [5.41, 5.74) is -1.48. The maximum atomic E-state index is 14.5. The van der Waals surface area contributed by atoms with Crippen molar-refractivity contribution in [2.75, 3.05) is 13.1 Å². The lowest BCUT2D eigenvalue weighted by molar-refractivity contribution is -0.145. The summed E-state index contributed by atoms with van der Waals surface area (Å²) in [7, 11) is 0. The van der Waals surface area contributed by atoms with Crippen molar-refractivity contribution >= 4 is 53.4 Å². The second-order valence-electron chi connectivity index (χ2n) is 22.5. The minimum Gasteiger partial charge on any atom is -0.480 e. The molecule has 0 aromatic carbocycles. The number of carbonyl (C=O) groups excluding carboxylic acids is 8. The van der Waals surface area contributed by atoms with Crippen LogP contribution in [0.5, 0.6) is 0 Å². The average molecular weight is 1010 g/mol. The Labute approximate surface area is 423 Å². The van der Waals surface area contributed by atoms with E-state index in [2.05, 4.69) is 51.1 Å². The van der Waals surface area contributed by atoms with Crippen molar-refractivity contribution in [3.63, 3.8) is 0 Å². The SMILES string of the molecule is CC[C@H](C)[C@@H](NC(=O)[C@H](CCCNC(=O)OC(C)(C)C)NC(=O)[C@H]1CCCN1C(=O)[C@H](NC(=O)[C@@H](NC(=O)[C@@H](NC(=O)[C@H](NC(=O)CCCC(C)C)C(C)C)[C@@H](C)OC(C)(C)C)C(C)C)C(C)C)C(=O)O. The van der Waals surface area contributed by atoms with Gasteiger partial charge in [0.25, 0.3) is 0 Å². The molecular weight excluding hydrogens is 917 g/mol. The van der Waals surface area contributed by atoms with Crippen LogP contribution in [0.25, 0.3) is 0 Å². The first kappa shape index (κ1) is 64.0. The van der Waals surface area contributed by atoms with Gasteiger partial charge in [-0.1, -0.05) is 82.1 Å². The van der Waals surface area contributed by atoms with Gasteiger partial charge in [0.2, 0.25) is 41.4 Å². The number of ether oxygens (including phenoxy) is 2. The quantitative estimate of drug-likeness (QED) is 0.0509. The number of aliphatic carboxylic acids is 1. The number of hydrogen-bond acceptors (Lipinski definition) is 11. The number of carboxylic acid groups (broad SMARTS) is 1. The third-order valence-electron chi connectivity index (χ3n) is 12.1. The molecule has 8 N–H and O–H groups in total. The molecule has 0 bridgehead atoms. The van der Waals surface area contributed by atoms with E-state index in [1.54, 1.807) is 104 Å². The Bertz CT molecular complexity index is 1790. The van der Waals surface area contributed by atoms with Gasteiger partial charge in [0, 0.05) is 19.5 Å². The fourth-order valence-corrected chi connectivity index (χ4v) is 8.02. The number of nitrogens with one attached hydrogen (secondary N) is 7. The third-order valence-corrected chi connectivity index (χ3v) is 12.1. The number of hydrogen-bond donors (Lipinski definition) is 8. The summed E-state index contributed by atoms with van der Waals surface area (Å²) in [5.74, 6) is -6.85. The minimum atomic E-state index is -1.31. The van der Waals surface area contributed by atoms with Crippen LogP contribution in [0.15, 0.2) is 0 Å². The first-order valence-electron chi connectivity index (χ1n) is 25.7. The lowest BCUT2D eigenvalue weighted by atomic mass is 9.98. The second kappa shape index (κ2) is 29.5. The van der Waals surface area contributed by atoms with Crippen LogP contribution in [-0.4, -0.2) is 136 Å². The molecule has 0 aliphatic carbocycles. The molecule has 0 radical (unpaired) electrons. The Morgan fingerprint density at radius 3 is 1.62 bits per heavy atom. The molecular formula is C51H92N8O12. The van der Waals surface area contributed by atoms with Gasteiger partial charge in [0.05, 0.1) is 11.7 Å². The van der Waals surface area contributed by atoms with Crippen LogP contribution >= 0.6 is 0 Å². The number of rotatable bonds is 28. The molecule has 1 fully saturated rings. The molecule has 9 atom stereocenters. The zero-order chi connectivity index (χ0) is 54.7. The highest BCUT2D eigenvalue weighted by atomic mass is 16.6. The van der Waals surface area contributed by atoms with Crippen molar-refractivity contribution in [3.05, 3.63) is 0 Å². The molecule has 8 amide bonds. The van der Waals surface area contributed by atoms with E-state index in [1.807, 2.05) is 0 Å². The number of alkyl carbamates (subject to hydrolysis) is 1. The van der Waals surface area contributed by atoms with Crippen LogP contribution in [0, 0.1) is 29.6 Å². The van der Waals surface area contributed by atoms with E-state index in [1.165, 1.54) is 4.90 Å². The Hall–Kier alpha value is -5.01. The van der Waals surface area contributed by atoms with E-state index >= 15 is 0 Å². The lowest BCUT2D eigenvalue weighted by Gasteiger charge is -2.34. The molecule has 0 unspecified atom stereocenters. The van der Waals surface area contributed by atoms with E-state index in [4.69, 9.17) is 9.47 Å². The van der Waals surface area contributed by atoms with Crippen molar-refractivity contribution in [3.8, 4) is 0 Å². The van der Waals surface area contributed by atoms with Crippen LogP contribution in [0.3, 0.4) is 0 Å². The summed E-state index contributed by atoms with van der Waals surface area (Å²) in [4.78, 5) is 123. The lowest BCUT2D eigenvalue weighted by Crippen LogP contribution is -2.63. The van der Waals surface area contributed by atoms with Gasteiger partial charge in [-0.3, -0.25) is 33.6 Å². The van der Waals surface area contributed by atoms with Crippen molar-refractivity contribution in [2.24, 2.45) is 29.6 Å². The van der Waals surface area contributed by atoms with Crippen molar-refractivity contribution < 1.29 is 57.7 Å². The summed E-state index contributed by atoms with van der Waals surface area (Å²) >= 11 is 0. The summed E-state index contributed by atoms with van der Waals surface area (Å²) in [6.45, 7) is 30.5. The van der Waals surface area contributed by atoms with E-state index in [0.717, 1.165) is 6.42 Å². The Morgan fingerprint density at radius 2 is 1.13 bits per heavy atom. The summed E-state index contributed by atoms with van der Waals surface area (Å²) in [5, 5.41) is 29.0. The largest absolute Gasteiger partial charge is 0.480 e. The second-order valence-corrected chi connectivity index (χ2v) is 22.5. The first-order valence-corrected chi connectivity index (χ1v) is 25.7. The van der Waals surface area contributed by atoms with Crippen LogP contribution in [-0.2, 0) is 47.8 Å². The standard InChI is InChI=1S/C51H92N8O12/c1-18-32(10)40(48(67)68)57-42(61)34(23-20-26-52-49(69)71-51(15,16)17)53-43(62)35-24-21-27-59(35)47(66)39(31(8)9)56-45(64)38(30(6)7)55-46(65)41(33(11)70-50(12,13)14)58-44(63)37(29(4)5)54-36(60)25-19-22-28(2)3/h28-35,37-41H,18-27H2,1-17H3,(H,52,69)(H,53,62)(H,54,60)(H,55,65)(H,56,64)(H,57,61)(H,58,63)(H,67,68)/t32-,33+,34-,35+,37+,38-,39+,40+,41-/m0/s1. The van der Waals surface area contributed by atoms with E-state index in [9.17, 15) is 48.3 Å². The molecule has 20 heteroatoms. The zero-order valence-electron chi connectivity index (χ0n) is 46.0. The predicted octanol–water partition coefficient (Wildman–Crippen LogP) is 4.32. The number of carbonyl (C=O) groups is 9. The van der Waals surface area contributed by atoms with Crippen LogP contribution in [0.2, 0.25) is 0 Å². The molecule has 20 nitrogen and oxygen atoms in total. The zero-order valence-corrected chi connectivity index (χ0v) is 46.0. The summed E-state index contributed by atoms with van der Waals surface area (Å²) in [6, 6.07) is -8.15. The van der Waals surface area contributed by atoms with E-state index in [-0.39, 0.29) is 50.6 Å². The molecule has 0 aromatic heterocycles. The molecule has 1 heterocycles.